The SMILES string of the molecule is Nc1ccc(Cl)nc1Oc1ccc(CO)cc1. The number of anilines is 1. The van der Waals surface area contributed by atoms with E-state index in [1.165, 1.54) is 0 Å². The number of nitrogens with two attached hydrogens (primary N) is 1. The molecule has 0 bridgehead atoms. The number of hydrogen-bond acceptors (Lipinski definition) is 4. The van der Waals surface area contributed by atoms with Gasteiger partial charge in [-0.1, -0.05) is 23.7 Å². The van der Waals surface area contributed by atoms with Gasteiger partial charge in [0.25, 0.3) is 0 Å². The topological polar surface area (TPSA) is 68.4 Å². The molecule has 0 aliphatic heterocycles. The van der Waals surface area contributed by atoms with E-state index < -0.39 is 0 Å². The molecule has 0 saturated heterocycles. The Balaban J connectivity index is 2.22. The summed E-state index contributed by atoms with van der Waals surface area (Å²) in [4.78, 5) is 3.98. The van der Waals surface area contributed by atoms with Crippen LogP contribution in [0.15, 0.2) is 36.4 Å². The van der Waals surface area contributed by atoms with E-state index in [-0.39, 0.29) is 12.5 Å². The van der Waals surface area contributed by atoms with Crippen LogP contribution in [0.2, 0.25) is 5.15 Å². The molecule has 0 unspecified atom stereocenters. The van der Waals surface area contributed by atoms with Crippen LogP contribution in [0, 0.1) is 0 Å². The fourth-order valence-corrected chi connectivity index (χ4v) is 1.42. The number of halogens is 1. The Labute approximate surface area is 104 Å². The summed E-state index contributed by atoms with van der Waals surface area (Å²) in [6.45, 7) is -0.00215. The van der Waals surface area contributed by atoms with E-state index >= 15 is 0 Å². The molecule has 88 valence electrons. The summed E-state index contributed by atoms with van der Waals surface area (Å²) in [5.41, 5.74) is 6.93. The summed E-state index contributed by atoms with van der Waals surface area (Å²) >= 11 is 5.75. The van der Waals surface area contributed by atoms with Crippen LogP contribution in [-0.2, 0) is 6.61 Å². The maximum atomic E-state index is 8.91. The van der Waals surface area contributed by atoms with Gasteiger partial charge in [0.1, 0.15) is 10.9 Å². The van der Waals surface area contributed by atoms with Gasteiger partial charge in [-0.05, 0) is 29.8 Å². The molecule has 0 fully saturated rings. The van der Waals surface area contributed by atoms with Crippen LogP contribution in [0.25, 0.3) is 0 Å². The third-order valence-electron chi connectivity index (χ3n) is 2.18. The second kappa shape index (κ2) is 5.03. The van der Waals surface area contributed by atoms with Crippen molar-refractivity contribution in [3.8, 4) is 11.6 Å². The molecule has 0 amide bonds. The van der Waals surface area contributed by atoms with Crippen molar-refractivity contribution in [1.82, 2.24) is 4.98 Å². The number of aliphatic hydroxyl groups excluding tert-OH is 1. The van der Waals surface area contributed by atoms with Crippen molar-refractivity contribution < 1.29 is 9.84 Å². The predicted molar refractivity (Wildman–Crippen MR) is 66.1 cm³/mol. The second-order valence-corrected chi connectivity index (χ2v) is 3.82. The van der Waals surface area contributed by atoms with Crippen LogP contribution in [0.4, 0.5) is 5.69 Å². The van der Waals surface area contributed by atoms with Crippen LogP contribution in [0.3, 0.4) is 0 Å². The van der Waals surface area contributed by atoms with E-state index in [1.807, 2.05) is 0 Å². The van der Waals surface area contributed by atoms with Crippen LogP contribution in [-0.4, -0.2) is 10.1 Å². The van der Waals surface area contributed by atoms with Crippen molar-refractivity contribution in [2.24, 2.45) is 0 Å². The van der Waals surface area contributed by atoms with Gasteiger partial charge in [-0.15, -0.1) is 0 Å². The minimum absolute atomic E-state index is 0.00215. The first-order valence-corrected chi connectivity index (χ1v) is 5.36. The van der Waals surface area contributed by atoms with Gasteiger partial charge < -0.3 is 15.6 Å². The Hall–Kier alpha value is -1.78. The molecule has 2 rings (SSSR count). The highest BCUT2D eigenvalue weighted by Crippen LogP contribution is 2.26. The molecule has 2 aromatic rings. The second-order valence-electron chi connectivity index (χ2n) is 3.43. The molecule has 1 aromatic carbocycles. The fourth-order valence-electron chi connectivity index (χ4n) is 1.28. The Bertz CT molecular complexity index is 514. The molecule has 0 atom stereocenters. The quantitative estimate of drug-likeness (QED) is 0.822. The molecule has 1 heterocycles. The summed E-state index contributed by atoms with van der Waals surface area (Å²) in [6, 6.07) is 10.2. The number of aliphatic hydroxyl groups is 1. The van der Waals surface area contributed by atoms with E-state index in [9.17, 15) is 0 Å². The number of hydrogen-bond donors (Lipinski definition) is 2. The lowest BCUT2D eigenvalue weighted by Crippen LogP contribution is -1.95. The average molecular weight is 251 g/mol. The average Bonchev–Trinajstić information content (AvgIpc) is 2.35. The first-order valence-electron chi connectivity index (χ1n) is 4.98. The first-order chi connectivity index (χ1) is 8.19. The summed E-state index contributed by atoms with van der Waals surface area (Å²) in [5, 5.41) is 9.23. The predicted octanol–water partition coefficient (Wildman–Crippen LogP) is 2.60. The number of nitrogens with zero attached hydrogens (tertiary/aromatic N) is 1. The lowest BCUT2D eigenvalue weighted by molar-refractivity contribution is 0.281. The molecule has 5 heteroatoms. The largest absolute Gasteiger partial charge is 0.437 e. The van der Waals surface area contributed by atoms with Gasteiger partial charge >= 0.3 is 0 Å². The lowest BCUT2D eigenvalue weighted by Gasteiger charge is -2.07. The van der Waals surface area contributed by atoms with E-state index in [1.54, 1.807) is 36.4 Å². The van der Waals surface area contributed by atoms with Crippen molar-refractivity contribution in [2.75, 3.05) is 5.73 Å². The standard InChI is InChI=1S/C12H11ClN2O2/c13-11-6-5-10(14)12(15-11)17-9-3-1-8(7-16)2-4-9/h1-6,16H,7,14H2. The Morgan fingerprint density at radius 3 is 2.53 bits per heavy atom. The minimum atomic E-state index is -0.00215. The van der Waals surface area contributed by atoms with Crippen LogP contribution < -0.4 is 10.5 Å². The molecule has 4 nitrogen and oxygen atoms in total. The van der Waals surface area contributed by atoms with Crippen LogP contribution >= 0.6 is 11.6 Å². The molecule has 1 aromatic heterocycles. The molecular formula is C12H11ClN2O2. The van der Waals surface area contributed by atoms with Crippen molar-refractivity contribution in [3.63, 3.8) is 0 Å². The number of benzene rings is 1. The van der Waals surface area contributed by atoms with Crippen LogP contribution in [0.5, 0.6) is 11.6 Å². The molecule has 0 saturated carbocycles. The molecule has 17 heavy (non-hydrogen) atoms. The maximum absolute atomic E-state index is 8.91. The highest BCUT2D eigenvalue weighted by Gasteiger charge is 2.04. The van der Waals surface area contributed by atoms with Crippen molar-refractivity contribution >= 4 is 17.3 Å². The van der Waals surface area contributed by atoms with Gasteiger partial charge in [0.2, 0.25) is 5.88 Å². The summed E-state index contributed by atoms with van der Waals surface area (Å²) in [5.74, 6) is 0.859. The van der Waals surface area contributed by atoms with Gasteiger partial charge in [-0.2, -0.15) is 4.98 Å². The van der Waals surface area contributed by atoms with Gasteiger partial charge in [0.05, 0.1) is 12.3 Å². The molecule has 0 spiro atoms. The summed E-state index contributed by atoms with van der Waals surface area (Å²) in [6.07, 6.45) is 0. The minimum Gasteiger partial charge on any atom is -0.437 e. The van der Waals surface area contributed by atoms with E-state index in [2.05, 4.69) is 4.98 Å². The highest BCUT2D eigenvalue weighted by molar-refractivity contribution is 6.29. The summed E-state index contributed by atoms with van der Waals surface area (Å²) < 4.78 is 5.49. The van der Waals surface area contributed by atoms with Crippen LogP contribution in [0.1, 0.15) is 5.56 Å². The van der Waals surface area contributed by atoms with Crippen molar-refractivity contribution in [2.45, 2.75) is 6.61 Å². The Morgan fingerprint density at radius 1 is 1.18 bits per heavy atom. The highest BCUT2D eigenvalue weighted by atomic mass is 35.5. The summed E-state index contributed by atoms with van der Waals surface area (Å²) in [7, 11) is 0. The maximum Gasteiger partial charge on any atom is 0.244 e. The third-order valence-corrected chi connectivity index (χ3v) is 2.39. The zero-order valence-electron chi connectivity index (χ0n) is 8.93. The fraction of sp³-hybridized carbons (Fsp3) is 0.0833. The molecule has 0 aliphatic carbocycles. The Kier molecular flexibility index (Phi) is 3.46. The smallest absolute Gasteiger partial charge is 0.244 e. The van der Waals surface area contributed by atoms with Gasteiger partial charge in [-0.25, -0.2) is 0 Å². The molecule has 3 N–H and O–H groups in total. The van der Waals surface area contributed by atoms with Gasteiger partial charge in [-0.3, -0.25) is 0 Å². The number of aromatic nitrogens is 1. The van der Waals surface area contributed by atoms with Crippen molar-refractivity contribution in [1.29, 1.82) is 0 Å². The molecular weight excluding hydrogens is 240 g/mol. The monoisotopic (exact) mass is 250 g/mol. The molecule has 0 aliphatic rings. The number of pyridine rings is 1. The van der Waals surface area contributed by atoms with Gasteiger partial charge in [0, 0.05) is 0 Å². The van der Waals surface area contributed by atoms with E-state index in [4.69, 9.17) is 27.2 Å². The van der Waals surface area contributed by atoms with E-state index in [0.29, 0.717) is 16.6 Å². The van der Waals surface area contributed by atoms with E-state index in [0.717, 1.165) is 5.56 Å². The van der Waals surface area contributed by atoms with Crippen molar-refractivity contribution in [3.05, 3.63) is 47.1 Å². The Morgan fingerprint density at radius 2 is 1.88 bits per heavy atom. The molecule has 0 radical (unpaired) electrons. The zero-order valence-corrected chi connectivity index (χ0v) is 9.69. The number of rotatable bonds is 3. The first kappa shape index (κ1) is 11.7. The lowest BCUT2D eigenvalue weighted by atomic mass is 10.2. The normalized spacial score (nSPS) is 10.2. The number of nitrogen functional groups attached to an aromatic ring is 1. The number of ether oxygens (including phenoxy) is 1. The zero-order chi connectivity index (χ0) is 12.3. The third kappa shape index (κ3) is 2.87. The van der Waals surface area contributed by atoms with Gasteiger partial charge in [0.15, 0.2) is 0 Å².